The number of carboxylic acid groups (broad SMARTS) is 2. The lowest BCUT2D eigenvalue weighted by Crippen LogP contribution is -2.41. The van der Waals surface area contributed by atoms with Gasteiger partial charge in [0.15, 0.2) is 5.41 Å². The van der Waals surface area contributed by atoms with E-state index in [1.54, 1.807) is 24.3 Å². The minimum atomic E-state index is -1.97. The quantitative estimate of drug-likeness (QED) is 0.730. The molecule has 0 aliphatic carbocycles. The first kappa shape index (κ1) is 14.8. The predicted octanol–water partition coefficient (Wildman–Crippen LogP) is 1.64. The summed E-state index contributed by atoms with van der Waals surface area (Å²) in [5.74, 6) is -1.83. The zero-order valence-corrected chi connectivity index (χ0v) is 10.8. The third-order valence-corrected chi connectivity index (χ3v) is 2.61. The van der Waals surface area contributed by atoms with Gasteiger partial charge >= 0.3 is 11.9 Å². The molecule has 0 saturated heterocycles. The van der Waals surface area contributed by atoms with Gasteiger partial charge in [0.1, 0.15) is 18.1 Å². The van der Waals surface area contributed by atoms with Gasteiger partial charge in [-0.3, -0.25) is 9.59 Å². The van der Waals surface area contributed by atoms with Crippen molar-refractivity contribution >= 4 is 11.9 Å². The summed E-state index contributed by atoms with van der Waals surface area (Å²) in [6.07, 6.45) is 0. The Bertz CT molecular complexity index is 437. The van der Waals surface area contributed by atoms with Crippen molar-refractivity contribution in [1.82, 2.24) is 0 Å². The van der Waals surface area contributed by atoms with E-state index >= 15 is 0 Å². The molecule has 1 rings (SSSR count). The lowest BCUT2D eigenvalue weighted by molar-refractivity contribution is -0.165. The van der Waals surface area contributed by atoms with E-state index in [1.807, 2.05) is 6.92 Å². The van der Waals surface area contributed by atoms with Crippen LogP contribution in [0.2, 0.25) is 0 Å². The molecule has 19 heavy (non-hydrogen) atoms. The van der Waals surface area contributed by atoms with Crippen LogP contribution >= 0.6 is 0 Å². The summed E-state index contributed by atoms with van der Waals surface area (Å²) >= 11 is 0. The zero-order chi connectivity index (χ0) is 14.5. The van der Waals surface area contributed by atoms with Gasteiger partial charge in [-0.1, -0.05) is 0 Å². The molecule has 0 aromatic heterocycles. The fourth-order valence-electron chi connectivity index (χ4n) is 1.24. The second-order valence-electron chi connectivity index (χ2n) is 4.14. The molecule has 104 valence electrons. The average molecular weight is 268 g/mol. The molecule has 2 N–H and O–H groups in total. The van der Waals surface area contributed by atoms with Gasteiger partial charge in [-0.05, 0) is 38.1 Å². The maximum Gasteiger partial charge on any atom is 0.324 e. The van der Waals surface area contributed by atoms with Crippen molar-refractivity contribution in [1.29, 1.82) is 0 Å². The number of benzene rings is 1. The average Bonchev–Trinajstić information content (AvgIpc) is 2.37. The third-order valence-electron chi connectivity index (χ3n) is 2.61. The van der Waals surface area contributed by atoms with E-state index in [9.17, 15) is 9.59 Å². The Kier molecular flexibility index (Phi) is 4.74. The van der Waals surface area contributed by atoms with E-state index in [4.69, 9.17) is 19.7 Å². The van der Waals surface area contributed by atoms with E-state index in [0.29, 0.717) is 18.1 Å². The molecule has 0 saturated carbocycles. The highest BCUT2D eigenvalue weighted by atomic mass is 16.5. The number of hydrogen-bond acceptors (Lipinski definition) is 4. The van der Waals surface area contributed by atoms with Crippen molar-refractivity contribution in [2.45, 2.75) is 13.8 Å². The van der Waals surface area contributed by atoms with Crippen LogP contribution in [0.4, 0.5) is 0 Å². The molecule has 0 bridgehead atoms. The summed E-state index contributed by atoms with van der Waals surface area (Å²) < 4.78 is 10.4. The van der Waals surface area contributed by atoms with Crippen molar-refractivity contribution in [2.24, 2.45) is 5.41 Å². The molecule has 6 nitrogen and oxygen atoms in total. The van der Waals surface area contributed by atoms with Gasteiger partial charge in [0.25, 0.3) is 0 Å². The van der Waals surface area contributed by atoms with Crippen LogP contribution in [-0.4, -0.2) is 35.4 Å². The summed E-state index contributed by atoms with van der Waals surface area (Å²) in [4.78, 5) is 21.9. The van der Waals surface area contributed by atoms with E-state index in [0.717, 1.165) is 6.92 Å². The van der Waals surface area contributed by atoms with Gasteiger partial charge in [-0.15, -0.1) is 0 Å². The molecule has 0 spiro atoms. The number of rotatable bonds is 7. The first-order valence-corrected chi connectivity index (χ1v) is 5.72. The van der Waals surface area contributed by atoms with Crippen LogP contribution in [0.3, 0.4) is 0 Å². The number of ether oxygens (including phenoxy) is 2. The highest BCUT2D eigenvalue weighted by Crippen LogP contribution is 2.22. The molecule has 0 aliphatic rings. The number of carboxylic acids is 2. The Hall–Kier alpha value is -2.24. The molecule has 1 aromatic carbocycles. The van der Waals surface area contributed by atoms with Crippen molar-refractivity contribution in [3.8, 4) is 11.5 Å². The molecule has 6 heteroatoms. The summed E-state index contributed by atoms with van der Waals surface area (Å²) in [7, 11) is 0. The highest BCUT2D eigenvalue weighted by Gasteiger charge is 2.42. The Balaban J connectivity index is 2.70. The molecule has 0 radical (unpaired) electrons. The van der Waals surface area contributed by atoms with Crippen LogP contribution in [0, 0.1) is 5.41 Å². The molecule has 0 aliphatic heterocycles. The maximum atomic E-state index is 10.9. The van der Waals surface area contributed by atoms with Gasteiger partial charge in [0.05, 0.1) is 6.61 Å². The van der Waals surface area contributed by atoms with E-state index in [1.165, 1.54) is 0 Å². The number of hydrogen-bond donors (Lipinski definition) is 2. The molecular weight excluding hydrogens is 252 g/mol. The Labute approximate surface area is 110 Å². The second kappa shape index (κ2) is 6.08. The number of carbonyl (C=O) groups is 2. The molecule has 0 fully saturated rings. The van der Waals surface area contributed by atoms with Crippen molar-refractivity contribution < 1.29 is 29.3 Å². The standard InChI is InChI=1S/C13H16O6/c1-3-18-9-4-6-10(7-5-9)19-8-13(2,11(14)15)12(16)17/h4-7H,3,8H2,1-2H3,(H,14,15)(H,16,17). The third kappa shape index (κ3) is 3.61. The smallest absolute Gasteiger partial charge is 0.324 e. The molecular formula is C13H16O6. The summed E-state index contributed by atoms with van der Waals surface area (Å²) in [6.45, 7) is 3.05. The first-order valence-electron chi connectivity index (χ1n) is 5.72. The lowest BCUT2D eigenvalue weighted by Gasteiger charge is -2.20. The largest absolute Gasteiger partial charge is 0.494 e. The first-order chi connectivity index (χ1) is 8.90. The Morgan fingerprint density at radius 3 is 1.84 bits per heavy atom. The summed E-state index contributed by atoms with van der Waals surface area (Å²) in [6, 6.07) is 6.51. The van der Waals surface area contributed by atoms with Crippen LogP contribution in [0.15, 0.2) is 24.3 Å². The molecule has 0 heterocycles. The predicted molar refractivity (Wildman–Crippen MR) is 66.5 cm³/mol. The SMILES string of the molecule is CCOc1ccc(OCC(C)(C(=O)O)C(=O)O)cc1. The van der Waals surface area contributed by atoms with Crippen molar-refractivity contribution in [2.75, 3.05) is 13.2 Å². The fraction of sp³-hybridized carbons (Fsp3) is 0.385. The van der Waals surface area contributed by atoms with Crippen LogP contribution in [0.5, 0.6) is 11.5 Å². The van der Waals surface area contributed by atoms with Gasteiger partial charge in [0.2, 0.25) is 0 Å². The molecule has 0 atom stereocenters. The fourth-order valence-corrected chi connectivity index (χ4v) is 1.24. The molecule has 0 unspecified atom stereocenters. The van der Waals surface area contributed by atoms with Crippen molar-refractivity contribution in [3.05, 3.63) is 24.3 Å². The molecule has 1 aromatic rings. The molecule has 0 amide bonds. The highest BCUT2D eigenvalue weighted by molar-refractivity contribution is 5.97. The van der Waals surface area contributed by atoms with Crippen LogP contribution in [0.25, 0.3) is 0 Å². The van der Waals surface area contributed by atoms with Crippen LogP contribution in [0.1, 0.15) is 13.8 Å². The van der Waals surface area contributed by atoms with Crippen molar-refractivity contribution in [3.63, 3.8) is 0 Å². The van der Waals surface area contributed by atoms with Gasteiger partial charge in [0, 0.05) is 0 Å². The maximum absolute atomic E-state index is 10.9. The van der Waals surface area contributed by atoms with E-state index in [2.05, 4.69) is 0 Å². The topological polar surface area (TPSA) is 93.1 Å². The Morgan fingerprint density at radius 2 is 1.47 bits per heavy atom. The summed E-state index contributed by atoms with van der Waals surface area (Å²) in [5, 5.41) is 17.8. The minimum absolute atomic E-state index is 0.386. The van der Waals surface area contributed by atoms with E-state index < -0.39 is 24.0 Å². The number of aliphatic carboxylic acids is 2. The zero-order valence-electron chi connectivity index (χ0n) is 10.8. The summed E-state index contributed by atoms with van der Waals surface area (Å²) in [5.41, 5.74) is -1.97. The Morgan fingerprint density at radius 1 is 1.05 bits per heavy atom. The van der Waals surface area contributed by atoms with E-state index in [-0.39, 0.29) is 0 Å². The van der Waals surface area contributed by atoms with Gasteiger partial charge < -0.3 is 19.7 Å². The van der Waals surface area contributed by atoms with Crippen LogP contribution in [-0.2, 0) is 9.59 Å². The van der Waals surface area contributed by atoms with Crippen LogP contribution < -0.4 is 9.47 Å². The monoisotopic (exact) mass is 268 g/mol. The van der Waals surface area contributed by atoms with Gasteiger partial charge in [-0.25, -0.2) is 0 Å². The minimum Gasteiger partial charge on any atom is -0.494 e. The lowest BCUT2D eigenvalue weighted by atomic mass is 9.92. The van der Waals surface area contributed by atoms with Gasteiger partial charge in [-0.2, -0.15) is 0 Å². The second-order valence-corrected chi connectivity index (χ2v) is 4.14. The normalized spacial score (nSPS) is 10.8.